The van der Waals surface area contributed by atoms with Crippen LogP contribution in [0, 0.1) is 10.3 Å². The molecule has 5 nitrogen and oxygen atoms in total. The number of nitroso groups, excluding NO2 is 1. The zero-order chi connectivity index (χ0) is 8.97. The molecule has 4 N–H and O–H groups in total. The molecule has 0 saturated heterocycles. The Morgan fingerprint density at radius 2 is 2.00 bits per heavy atom. The second-order valence-electron chi connectivity index (χ2n) is 2.18. The van der Waals surface area contributed by atoms with E-state index in [0.29, 0.717) is 11.4 Å². The smallest absolute Gasteiger partial charge is 0.190 e. The molecule has 1 rings (SSSR count). The first-order valence-corrected chi connectivity index (χ1v) is 3.27. The Morgan fingerprint density at radius 1 is 1.42 bits per heavy atom. The first kappa shape index (κ1) is 8.19. The zero-order valence-electron chi connectivity index (χ0n) is 6.24. The van der Waals surface area contributed by atoms with Crippen LogP contribution in [0.15, 0.2) is 29.4 Å². The number of benzene rings is 1. The summed E-state index contributed by atoms with van der Waals surface area (Å²) in [5.41, 5.74) is 6.10. The lowest BCUT2D eigenvalue weighted by molar-refractivity contribution is 1.40. The van der Waals surface area contributed by atoms with Gasteiger partial charge in [0.25, 0.3) is 0 Å². The zero-order valence-corrected chi connectivity index (χ0v) is 6.24. The summed E-state index contributed by atoms with van der Waals surface area (Å²) in [6.45, 7) is 0. The van der Waals surface area contributed by atoms with Crippen LogP contribution in [0.2, 0.25) is 0 Å². The third-order valence-electron chi connectivity index (χ3n) is 1.25. The van der Waals surface area contributed by atoms with Gasteiger partial charge in [0, 0.05) is 5.69 Å². The van der Waals surface area contributed by atoms with Gasteiger partial charge in [0.05, 0.1) is 0 Å². The molecule has 0 heterocycles. The van der Waals surface area contributed by atoms with Gasteiger partial charge in [-0.05, 0) is 29.4 Å². The van der Waals surface area contributed by atoms with E-state index in [2.05, 4.69) is 10.5 Å². The van der Waals surface area contributed by atoms with Gasteiger partial charge in [-0.15, -0.1) is 4.91 Å². The van der Waals surface area contributed by atoms with E-state index in [9.17, 15) is 4.91 Å². The van der Waals surface area contributed by atoms with Crippen molar-refractivity contribution in [1.29, 1.82) is 5.41 Å². The number of hydrogen-bond donors (Lipinski definition) is 3. The standard InChI is InChI=1S/C7H8N4O/c8-7(9)10-5-1-3-6(11-12)4-2-5/h1-4H,(H4,8,9,10). The Kier molecular flexibility index (Phi) is 2.37. The number of nitrogens with zero attached hydrogens (tertiary/aromatic N) is 1. The number of nitrogens with one attached hydrogen (secondary N) is 2. The van der Waals surface area contributed by atoms with E-state index in [0.717, 1.165) is 0 Å². The van der Waals surface area contributed by atoms with Crippen molar-refractivity contribution in [3.05, 3.63) is 29.2 Å². The van der Waals surface area contributed by atoms with E-state index in [1.807, 2.05) is 0 Å². The van der Waals surface area contributed by atoms with Gasteiger partial charge in [-0.3, -0.25) is 5.41 Å². The molecule has 0 amide bonds. The van der Waals surface area contributed by atoms with Gasteiger partial charge in [0.2, 0.25) is 0 Å². The quantitative estimate of drug-likeness (QED) is 0.350. The molecule has 0 atom stereocenters. The van der Waals surface area contributed by atoms with E-state index in [1.54, 1.807) is 12.1 Å². The number of rotatable bonds is 2. The summed E-state index contributed by atoms with van der Waals surface area (Å²) in [4.78, 5) is 10.0. The SMILES string of the molecule is N=C(N)Nc1ccc(N=O)cc1. The van der Waals surface area contributed by atoms with Gasteiger partial charge in [0.15, 0.2) is 5.96 Å². The first-order valence-electron chi connectivity index (χ1n) is 3.27. The van der Waals surface area contributed by atoms with E-state index < -0.39 is 0 Å². The molecule has 0 unspecified atom stereocenters. The van der Waals surface area contributed by atoms with Crippen molar-refractivity contribution in [1.82, 2.24) is 0 Å². The summed E-state index contributed by atoms with van der Waals surface area (Å²) in [6, 6.07) is 6.33. The van der Waals surface area contributed by atoms with Crippen molar-refractivity contribution in [3.63, 3.8) is 0 Å². The Morgan fingerprint density at radius 3 is 2.42 bits per heavy atom. The first-order chi connectivity index (χ1) is 5.72. The van der Waals surface area contributed by atoms with Crippen LogP contribution in [-0.2, 0) is 0 Å². The molecular formula is C7H8N4O. The third-order valence-corrected chi connectivity index (χ3v) is 1.25. The van der Waals surface area contributed by atoms with Gasteiger partial charge < -0.3 is 11.1 Å². The molecular weight excluding hydrogens is 156 g/mol. The topological polar surface area (TPSA) is 91.3 Å². The van der Waals surface area contributed by atoms with Gasteiger partial charge in [-0.25, -0.2) is 0 Å². The fourth-order valence-electron chi connectivity index (χ4n) is 0.761. The minimum absolute atomic E-state index is 0.137. The summed E-state index contributed by atoms with van der Waals surface area (Å²) < 4.78 is 0. The fraction of sp³-hybridized carbons (Fsp3) is 0. The minimum atomic E-state index is -0.137. The Bertz CT molecular complexity index is 293. The van der Waals surface area contributed by atoms with Crippen LogP contribution in [-0.4, -0.2) is 5.96 Å². The number of guanidine groups is 1. The van der Waals surface area contributed by atoms with Crippen LogP contribution in [0.5, 0.6) is 0 Å². The van der Waals surface area contributed by atoms with Crippen molar-refractivity contribution in [2.75, 3.05) is 5.32 Å². The van der Waals surface area contributed by atoms with Gasteiger partial charge in [-0.2, -0.15) is 0 Å². The average molecular weight is 164 g/mol. The van der Waals surface area contributed by atoms with Crippen LogP contribution in [0.1, 0.15) is 0 Å². The third kappa shape index (κ3) is 2.05. The van der Waals surface area contributed by atoms with E-state index in [1.165, 1.54) is 12.1 Å². The van der Waals surface area contributed by atoms with E-state index in [4.69, 9.17) is 11.1 Å². The summed E-state index contributed by atoms with van der Waals surface area (Å²) in [5.74, 6) is -0.137. The maximum atomic E-state index is 10.0. The molecule has 0 aliphatic rings. The molecule has 1 aromatic carbocycles. The number of anilines is 1. The summed E-state index contributed by atoms with van der Waals surface area (Å²) in [7, 11) is 0. The second kappa shape index (κ2) is 3.47. The molecule has 0 aliphatic carbocycles. The van der Waals surface area contributed by atoms with Crippen LogP contribution < -0.4 is 11.1 Å². The average Bonchev–Trinajstić information content (AvgIpc) is 2.05. The molecule has 0 radical (unpaired) electrons. The molecule has 5 heteroatoms. The lowest BCUT2D eigenvalue weighted by Crippen LogP contribution is -2.20. The molecule has 0 spiro atoms. The second-order valence-corrected chi connectivity index (χ2v) is 2.18. The molecule has 62 valence electrons. The van der Waals surface area contributed by atoms with Crippen molar-refractivity contribution in [3.8, 4) is 0 Å². The lowest BCUT2D eigenvalue weighted by atomic mass is 10.3. The summed E-state index contributed by atoms with van der Waals surface area (Å²) in [6.07, 6.45) is 0. The van der Waals surface area contributed by atoms with Crippen LogP contribution in [0.25, 0.3) is 0 Å². The molecule has 1 aromatic rings. The largest absolute Gasteiger partial charge is 0.370 e. The van der Waals surface area contributed by atoms with Crippen molar-refractivity contribution >= 4 is 17.3 Å². The van der Waals surface area contributed by atoms with Gasteiger partial charge >= 0.3 is 0 Å². The van der Waals surface area contributed by atoms with E-state index in [-0.39, 0.29) is 5.96 Å². The highest BCUT2D eigenvalue weighted by atomic mass is 16.3. The maximum Gasteiger partial charge on any atom is 0.190 e. The summed E-state index contributed by atoms with van der Waals surface area (Å²) >= 11 is 0. The lowest BCUT2D eigenvalue weighted by Gasteiger charge is -2.01. The highest BCUT2D eigenvalue weighted by molar-refractivity contribution is 5.89. The van der Waals surface area contributed by atoms with Crippen molar-refractivity contribution < 1.29 is 0 Å². The molecule has 12 heavy (non-hydrogen) atoms. The summed E-state index contributed by atoms with van der Waals surface area (Å²) in [5, 5.41) is 12.2. The highest BCUT2D eigenvalue weighted by Crippen LogP contribution is 2.14. The van der Waals surface area contributed by atoms with Crippen molar-refractivity contribution in [2.45, 2.75) is 0 Å². The molecule has 0 saturated carbocycles. The normalized spacial score (nSPS) is 9.00. The van der Waals surface area contributed by atoms with E-state index >= 15 is 0 Å². The highest BCUT2D eigenvalue weighted by Gasteiger charge is 1.93. The predicted octanol–water partition coefficient (Wildman–Crippen LogP) is 1.39. The maximum absolute atomic E-state index is 10.0. The van der Waals surface area contributed by atoms with Crippen LogP contribution in [0.3, 0.4) is 0 Å². The van der Waals surface area contributed by atoms with Gasteiger partial charge in [0.1, 0.15) is 5.69 Å². The van der Waals surface area contributed by atoms with Gasteiger partial charge in [-0.1, -0.05) is 0 Å². The fourth-order valence-corrected chi connectivity index (χ4v) is 0.761. The Balaban J connectivity index is 2.77. The Labute approximate surface area is 69.1 Å². The monoisotopic (exact) mass is 164 g/mol. The molecule has 0 aliphatic heterocycles. The minimum Gasteiger partial charge on any atom is -0.370 e. The number of nitrogens with two attached hydrogens (primary N) is 1. The number of hydrogen-bond acceptors (Lipinski definition) is 3. The Hall–Kier alpha value is -1.91. The van der Waals surface area contributed by atoms with Crippen LogP contribution >= 0.6 is 0 Å². The van der Waals surface area contributed by atoms with Crippen LogP contribution in [0.4, 0.5) is 11.4 Å². The predicted molar refractivity (Wildman–Crippen MR) is 47.4 cm³/mol. The molecule has 0 fully saturated rings. The van der Waals surface area contributed by atoms with Crippen molar-refractivity contribution in [2.24, 2.45) is 10.9 Å². The molecule has 0 aromatic heterocycles. The molecule has 0 bridgehead atoms.